The summed E-state index contributed by atoms with van der Waals surface area (Å²) >= 11 is 0. The molecule has 0 N–H and O–H groups in total. The van der Waals surface area contributed by atoms with Crippen LogP contribution in [0.4, 0.5) is 13.2 Å². The SMILES string of the molecule is CCCOCCOc1cc(C2(C(F)(F)F)N=N2)ccc1CC. The fourth-order valence-corrected chi connectivity index (χ4v) is 2.10. The van der Waals surface area contributed by atoms with Crippen molar-refractivity contribution in [2.75, 3.05) is 19.8 Å². The predicted octanol–water partition coefficient (Wildman–Crippen LogP) is 4.24. The highest BCUT2D eigenvalue weighted by Crippen LogP contribution is 2.52. The second kappa shape index (κ2) is 6.64. The molecule has 1 aliphatic rings. The number of hydrogen-bond acceptors (Lipinski definition) is 4. The van der Waals surface area contributed by atoms with Crippen molar-refractivity contribution < 1.29 is 22.6 Å². The van der Waals surface area contributed by atoms with Crippen LogP contribution in [0.1, 0.15) is 31.4 Å². The summed E-state index contributed by atoms with van der Waals surface area (Å²) in [5.74, 6) is 0.432. The Morgan fingerprint density at radius 3 is 2.36 bits per heavy atom. The molecule has 4 nitrogen and oxygen atoms in total. The molecule has 122 valence electrons. The summed E-state index contributed by atoms with van der Waals surface area (Å²) in [6.07, 6.45) is -2.95. The van der Waals surface area contributed by atoms with E-state index in [1.807, 2.05) is 13.8 Å². The van der Waals surface area contributed by atoms with Gasteiger partial charge in [-0.1, -0.05) is 26.0 Å². The summed E-state index contributed by atoms with van der Waals surface area (Å²) in [7, 11) is 0. The largest absolute Gasteiger partial charge is 0.491 e. The van der Waals surface area contributed by atoms with Crippen LogP contribution < -0.4 is 4.74 Å². The van der Waals surface area contributed by atoms with Crippen molar-refractivity contribution >= 4 is 0 Å². The van der Waals surface area contributed by atoms with Gasteiger partial charge in [0, 0.05) is 12.2 Å². The van der Waals surface area contributed by atoms with Crippen LogP contribution in [0.25, 0.3) is 0 Å². The highest BCUT2D eigenvalue weighted by Gasteiger charge is 2.65. The third-order valence-corrected chi connectivity index (χ3v) is 3.38. The van der Waals surface area contributed by atoms with E-state index in [2.05, 4.69) is 10.2 Å². The van der Waals surface area contributed by atoms with Gasteiger partial charge in [0.25, 0.3) is 0 Å². The number of nitrogens with zero attached hydrogens (tertiary/aromatic N) is 2. The average Bonchev–Trinajstić information content (AvgIpc) is 3.28. The maximum Gasteiger partial charge on any atom is 0.442 e. The average molecular weight is 316 g/mol. The zero-order chi connectivity index (χ0) is 16.2. The van der Waals surface area contributed by atoms with E-state index < -0.39 is 11.8 Å². The first-order valence-corrected chi connectivity index (χ1v) is 7.29. The summed E-state index contributed by atoms with van der Waals surface area (Å²) in [6.45, 7) is 5.25. The lowest BCUT2D eigenvalue weighted by Crippen LogP contribution is -2.30. The van der Waals surface area contributed by atoms with Crippen molar-refractivity contribution in [3.8, 4) is 5.75 Å². The van der Waals surface area contributed by atoms with Crippen LogP contribution in [-0.2, 0) is 16.8 Å². The fraction of sp³-hybridized carbons (Fsp3) is 0.600. The first-order chi connectivity index (χ1) is 10.4. The van der Waals surface area contributed by atoms with Crippen molar-refractivity contribution in [1.29, 1.82) is 0 Å². The Labute approximate surface area is 127 Å². The Hall–Kier alpha value is -1.63. The third kappa shape index (κ3) is 3.40. The molecule has 0 bridgehead atoms. The summed E-state index contributed by atoms with van der Waals surface area (Å²) in [4.78, 5) is 0. The minimum absolute atomic E-state index is 0.0123. The molecule has 1 aliphatic heterocycles. The Kier molecular flexibility index (Phi) is 5.05. The Morgan fingerprint density at radius 1 is 1.09 bits per heavy atom. The van der Waals surface area contributed by atoms with Crippen LogP contribution in [-0.4, -0.2) is 26.0 Å². The molecule has 1 heterocycles. The number of hydrogen-bond donors (Lipinski definition) is 0. The van der Waals surface area contributed by atoms with E-state index in [1.54, 1.807) is 6.07 Å². The lowest BCUT2D eigenvalue weighted by Gasteiger charge is -2.17. The lowest BCUT2D eigenvalue weighted by molar-refractivity contribution is -0.166. The quantitative estimate of drug-likeness (QED) is 0.673. The summed E-state index contributed by atoms with van der Waals surface area (Å²) in [5.41, 5.74) is -1.57. The zero-order valence-electron chi connectivity index (χ0n) is 12.6. The van der Waals surface area contributed by atoms with E-state index in [0.717, 1.165) is 12.0 Å². The molecule has 0 aromatic heterocycles. The molecule has 0 saturated carbocycles. The van der Waals surface area contributed by atoms with Crippen molar-refractivity contribution in [3.05, 3.63) is 29.3 Å². The van der Waals surface area contributed by atoms with Crippen LogP contribution >= 0.6 is 0 Å². The van der Waals surface area contributed by atoms with Crippen LogP contribution in [0.2, 0.25) is 0 Å². The molecular weight excluding hydrogens is 297 g/mol. The van der Waals surface area contributed by atoms with Gasteiger partial charge in [0.15, 0.2) is 0 Å². The molecule has 0 atom stereocenters. The number of aryl methyl sites for hydroxylation is 1. The van der Waals surface area contributed by atoms with Crippen molar-refractivity contribution in [2.45, 2.75) is 38.5 Å². The van der Waals surface area contributed by atoms with Crippen LogP contribution in [0.15, 0.2) is 28.4 Å². The summed E-state index contributed by atoms with van der Waals surface area (Å²) < 4.78 is 50.0. The van der Waals surface area contributed by atoms with Gasteiger partial charge in [0.2, 0.25) is 0 Å². The van der Waals surface area contributed by atoms with Crippen molar-refractivity contribution in [1.82, 2.24) is 0 Å². The van der Waals surface area contributed by atoms with Crippen LogP contribution in [0.3, 0.4) is 0 Å². The number of rotatable bonds is 8. The maximum atomic E-state index is 13.0. The standard InChI is InChI=1S/C15H19F3N2O2/c1-3-7-21-8-9-22-13-10-12(6-5-11(13)4-2)14(19-20-14)15(16,17)18/h5-6,10H,3-4,7-9H2,1-2H3. The number of alkyl halides is 3. The Balaban J connectivity index is 2.10. The molecule has 0 unspecified atom stereocenters. The molecule has 22 heavy (non-hydrogen) atoms. The molecule has 0 spiro atoms. The van der Waals surface area contributed by atoms with Gasteiger partial charge in [0.05, 0.1) is 6.61 Å². The van der Waals surface area contributed by atoms with Crippen LogP contribution in [0, 0.1) is 0 Å². The molecule has 0 amide bonds. The van der Waals surface area contributed by atoms with Gasteiger partial charge in [-0.3, -0.25) is 0 Å². The van der Waals surface area contributed by atoms with E-state index in [0.29, 0.717) is 32.0 Å². The van der Waals surface area contributed by atoms with Gasteiger partial charge >= 0.3 is 11.8 Å². The molecule has 0 aliphatic carbocycles. The zero-order valence-corrected chi connectivity index (χ0v) is 12.6. The van der Waals surface area contributed by atoms with Gasteiger partial charge in [-0.05, 0) is 24.5 Å². The number of halogens is 3. The molecule has 0 radical (unpaired) electrons. The summed E-state index contributed by atoms with van der Waals surface area (Å²) in [6, 6.07) is 4.42. The van der Waals surface area contributed by atoms with Crippen LogP contribution in [0.5, 0.6) is 5.75 Å². The normalized spacial score (nSPS) is 15.9. The van der Waals surface area contributed by atoms with Crippen molar-refractivity contribution in [2.24, 2.45) is 10.2 Å². The predicted molar refractivity (Wildman–Crippen MR) is 75.0 cm³/mol. The molecular formula is C15H19F3N2O2. The minimum atomic E-state index is -4.53. The molecule has 1 aromatic carbocycles. The van der Waals surface area contributed by atoms with Gasteiger partial charge in [-0.25, -0.2) is 0 Å². The smallest absolute Gasteiger partial charge is 0.442 e. The highest BCUT2D eigenvalue weighted by molar-refractivity contribution is 5.42. The molecule has 0 fully saturated rings. The first-order valence-electron chi connectivity index (χ1n) is 7.29. The van der Waals surface area contributed by atoms with E-state index in [1.165, 1.54) is 12.1 Å². The van der Waals surface area contributed by atoms with E-state index in [-0.39, 0.29) is 5.56 Å². The van der Waals surface area contributed by atoms with E-state index in [9.17, 15) is 13.2 Å². The first kappa shape index (κ1) is 16.7. The topological polar surface area (TPSA) is 43.2 Å². The number of benzene rings is 1. The second-order valence-corrected chi connectivity index (χ2v) is 5.01. The minimum Gasteiger partial charge on any atom is -0.491 e. The maximum absolute atomic E-state index is 13.0. The molecule has 0 saturated heterocycles. The van der Waals surface area contributed by atoms with Gasteiger partial charge in [-0.2, -0.15) is 13.2 Å². The lowest BCUT2D eigenvalue weighted by atomic mass is 9.99. The monoisotopic (exact) mass is 316 g/mol. The third-order valence-electron chi connectivity index (χ3n) is 3.38. The van der Waals surface area contributed by atoms with Gasteiger partial charge in [-0.15, -0.1) is 10.2 Å². The van der Waals surface area contributed by atoms with E-state index >= 15 is 0 Å². The second-order valence-electron chi connectivity index (χ2n) is 5.01. The highest BCUT2D eigenvalue weighted by atomic mass is 19.4. The van der Waals surface area contributed by atoms with Gasteiger partial charge in [0.1, 0.15) is 12.4 Å². The fourth-order valence-electron chi connectivity index (χ4n) is 2.10. The molecule has 1 aromatic rings. The molecule has 7 heteroatoms. The Bertz CT molecular complexity index is 538. The van der Waals surface area contributed by atoms with Gasteiger partial charge < -0.3 is 9.47 Å². The van der Waals surface area contributed by atoms with Crippen molar-refractivity contribution in [3.63, 3.8) is 0 Å². The molecule has 2 rings (SSSR count). The van der Waals surface area contributed by atoms with E-state index in [4.69, 9.17) is 9.47 Å². The Morgan fingerprint density at radius 2 is 1.82 bits per heavy atom. The number of ether oxygens (including phenoxy) is 2. The summed E-state index contributed by atoms with van der Waals surface area (Å²) in [5, 5.41) is 6.43.